The second-order valence-corrected chi connectivity index (χ2v) is 4.92. The zero-order valence-electron chi connectivity index (χ0n) is 10.6. The van der Waals surface area contributed by atoms with Gasteiger partial charge in [0.1, 0.15) is 12.4 Å². The molecule has 1 rings (SSSR count). The van der Waals surface area contributed by atoms with Crippen LogP contribution in [-0.4, -0.2) is 36.7 Å². The fourth-order valence-corrected chi connectivity index (χ4v) is 1.86. The van der Waals surface area contributed by atoms with Gasteiger partial charge in [0, 0.05) is 12.8 Å². The molecule has 88 valence electrons. The van der Waals surface area contributed by atoms with Crippen LogP contribution in [0.3, 0.4) is 0 Å². The molecular weight excluding hydrogens is 188 g/mol. The first-order chi connectivity index (χ1) is 7.02. The highest BCUT2D eigenvalue weighted by molar-refractivity contribution is 5.59. The summed E-state index contributed by atoms with van der Waals surface area (Å²) in [5.41, 5.74) is 0. The molecule has 1 fully saturated rings. The first-order valence-electron chi connectivity index (χ1n) is 5.93. The molecule has 0 aromatic rings. The lowest BCUT2D eigenvalue weighted by Crippen LogP contribution is -2.40. The molecule has 0 bridgehead atoms. The number of hydrogen-bond donors (Lipinski definition) is 0. The molecule has 0 spiro atoms. The quantitative estimate of drug-likeness (QED) is 0.668. The molecule has 0 N–H and O–H groups in total. The molecule has 2 unspecified atom stereocenters. The standard InChI is InChI=1S/C12H24N2O/c1-9(2)8-13-11(5)14-6-7-15-12(14)10(3)4/h8-12H,6-7H2,1-5H3. The van der Waals surface area contributed by atoms with Crippen LogP contribution in [0.5, 0.6) is 0 Å². The first-order valence-corrected chi connectivity index (χ1v) is 5.93. The van der Waals surface area contributed by atoms with Crippen molar-refractivity contribution in [1.29, 1.82) is 0 Å². The minimum atomic E-state index is 0.238. The summed E-state index contributed by atoms with van der Waals surface area (Å²) < 4.78 is 5.71. The summed E-state index contributed by atoms with van der Waals surface area (Å²) in [5, 5.41) is 0. The SMILES string of the molecule is CC(C)C=NC(C)N1CCOC1C(C)C. The number of rotatable bonds is 4. The first kappa shape index (κ1) is 12.7. The minimum Gasteiger partial charge on any atom is -0.361 e. The van der Waals surface area contributed by atoms with Gasteiger partial charge in [-0.2, -0.15) is 0 Å². The van der Waals surface area contributed by atoms with Crippen molar-refractivity contribution in [3.05, 3.63) is 0 Å². The number of aliphatic imine (C=N–C) groups is 1. The zero-order valence-corrected chi connectivity index (χ0v) is 10.6. The second-order valence-electron chi connectivity index (χ2n) is 4.92. The smallest absolute Gasteiger partial charge is 0.114 e. The van der Waals surface area contributed by atoms with Crippen molar-refractivity contribution < 1.29 is 4.74 Å². The van der Waals surface area contributed by atoms with Crippen molar-refractivity contribution >= 4 is 6.21 Å². The van der Waals surface area contributed by atoms with Crippen molar-refractivity contribution in [3.8, 4) is 0 Å². The highest BCUT2D eigenvalue weighted by atomic mass is 16.5. The van der Waals surface area contributed by atoms with Gasteiger partial charge >= 0.3 is 0 Å². The van der Waals surface area contributed by atoms with E-state index < -0.39 is 0 Å². The highest BCUT2D eigenvalue weighted by Gasteiger charge is 2.30. The van der Waals surface area contributed by atoms with Crippen LogP contribution in [0.25, 0.3) is 0 Å². The fourth-order valence-electron chi connectivity index (χ4n) is 1.86. The molecule has 3 heteroatoms. The minimum absolute atomic E-state index is 0.238. The Hall–Kier alpha value is -0.410. The lowest BCUT2D eigenvalue weighted by atomic mass is 10.1. The Morgan fingerprint density at radius 3 is 2.47 bits per heavy atom. The van der Waals surface area contributed by atoms with E-state index in [0.29, 0.717) is 11.8 Å². The summed E-state index contributed by atoms with van der Waals surface area (Å²) in [7, 11) is 0. The molecule has 0 aromatic heterocycles. The average molecular weight is 212 g/mol. The van der Waals surface area contributed by atoms with Gasteiger partial charge in [0.25, 0.3) is 0 Å². The lowest BCUT2D eigenvalue weighted by molar-refractivity contribution is -0.0160. The second kappa shape index (κ2) is 5.61. The van der Waals surface area contributed by atoms with Crippen LogP contribution in [0.2, 0.25) is 0 Å². The summed E-state index contributed by atoms with van der Waals surface area (Å²) in [4.78, 5) is 6.90. The van der Waals surface area contributed by atoms with E-state index in [4.69, 9.17) is 4.74 Å². The summed E-state index contributed by atoms with van der Waals surface area (Å²) in [6, 6.07) is 0. The third-order valence-electron chi connectivity index (χ3n) is 2.62. The van der Waals surface area contributed by atoms with Gasteiger partial charge in [-0.25, -0.2) is 0 Å². The Morgan fingerprint density at radius 1 is 1.27 bits per heavy atom. The molecule has 0 amide bonds. The molecule has 1 aliphatic rings. The van der Waals surface area contributed by atoms with E-state index in [1.165, 1.54) is 0 Å². The summed E-state index contributed by atoms with van der Waals surface area (Å²) in [6.07, 6.45) is 2.51. The van der Waals surface area contributed by atoms with Gasteiger partial charge in [0.15, 0.2) is 0 Å². The van der Waals surface area contributed by atoms with E-state index >= 15 is 0 Å². The van der Waals surface area contributed by atoms with Crippen LogP contribution in [-0.2, 0) is 4.74 Å². The molecule has 0 aliphatic carbocycles. The van der Waals surface area contributed by atoms with Crippen LogP contribution < -0.4 is 0 Å². The maximum absolute atomic E-state index is 5.71. The molecule has 2 atom stereocenters. The summed E-state index contributed by atoms with van der Waals surface area (Å²) in [5.74, 6) is 1.05. The highest BCUT2D eigenvalue weighted by Crippen LogP contribution is 2.20. The van der Waals surface area contributed by atoms with Crippen molar-refractivity contribution in [2.45, 2.75) is 47.0 Å². The van der Waals surface area contributed by atoms with Crippen LogP contribution in [0.4, 0.5) is 0 Å². The third kappa shape index (κ3) is 3.58. The topological polar surface area (TPSA) is 24.8 Å². The Kier molecular flexibility index (Phi) is 4.74. The monoisotopic (exact) mass is 212 g/mol. The maximum Gasteiger partial charge on any atom is 0.114 e. The van der Waals surface area contributed by atoms with Gasteiger partial charge < -0.3 is 4.74 Å². The molecule has 1 saturated heterocycles. The normalized spacial score (nSPS) is 25.9. The third-order valence-corrected chi connectivity index (χ3v) is 2.62. The average Bonchev–Trinajstić information content (AvgIpc) is 2.62. The van der Waals surface area contributed by atoms with E-state index in [1.54, 1.807) is 0 Å². The molecule has 15 heavy (non-hydrogen) atoms. The molecule has 0 saturated carbocycles. The van der Waals surface area contributed by atoms with Crippen LogP contribution in [0, 0.1) is 11.8 Å². The number of ether oxygens (including phenoxy) is 1. The lowest BCUT2D eigenvalue weighted by Gasteiger charge is -2.29. The Balaban J connectivity index is 2.54. The Labute approximate surface area is 93.5 Å². The van der Waals surface area contributed by atoms with E-state index in [-0.39, 0.29) is 12.4 Å². The van der Waals surface area contributed by atoms with Crippen LogP contribution in [0.15, 0.2) is 4.99 Å². The number of hydrogen-bond acceptors (Lipinski definition) is 3. The molecule has 1 heterocycles. The summed E-state index contributed by atoms with van der Waals surface area (Å²) in [6.45, 7) is 12.7. The predicted molar refractivity (Wildman–Crippen MR) is 64.1 cm³/mol. The van der Waals surface area contributed by atoms with Crippen molar-refractivity contribution in [3.63, 3.8) is 0 Å². The van der Waals surface area contributed by atoms with Gasteiger partial charge in [-0.3, -0.25) is 9.89 Å². The molecular formula is C12H24N2O. The Bertz CT molecular complexity index is 214. The van der Waals surface area contributed by atoms with Gasteiger partial charge in [0.2, 0.25) is 0 Å². The van der Waals surface area contributed by atoms with E-state index in [1.807, 2.05) is 6.21 Å². The van der Waals surface area contributed by atoms with Crippen molar-refractivity contribution in [2.24, 2.45) is 16.8 Å². The zero-order chi connectivity index (χ0) is 11.4. The van der Waals surface area contributed by atoms with E-state index in [2.05, 4.69) is 44.5 Å². The van der Waals surface area contributed by atoms with Crippen LogP contribution in [0.1, 0.15) is 34.6 Å². The molecule has 3 nitrogen and oxygen atoms in total. The molecule has 0 radical (unpaired) electrons. The molecule has 1 aliphatic heterocycles. The van der Waals surface area contributed by atoms with E-state index in [0.717, 1.165) is 13.2 Å². The van der Waals surface area contributed by atoms with Crippen molar-refractivity contribution in [1.82, 2.24) is 4.90 Å². The van der Waals surface area contributed by atoms with Gasteiger partial charge in [-0.05, 0) is 18.8 Å². The summed E-state index contributed by atoms with van der Waals surface area (Å²) >= 11 is 0. The van der Waals surface area contributed by atoms with Gasteiger partial charge in [-0.1, -0.05) is 27.7 Å². The van der Waals surface area contributed by atoms with E-state index in [9.17, 15) is 0 Å². The van der Waals surface area contributed by atoms with Gasteiger partial charge in [0.05, 0.1) is 6.61 Å². The Morgan fingerprint density at radius 2 is 1.93 bits per heavy atom. The molecule has 0 aromatic carbocycles. The van der Waals surface area contributed by atoms with Gasteiger partial charge in [-0.15, -0.1) is 0 Å². The largest absolute Gasteiger partial charge is 0.361 e. The number of nitrogens with zero attached hydrogens (tertiary/aromatic N) is 2. The van der Waals surface area contributed by atoms with Crippen LogP contribution >= 0.6 is 0 Å². The van der Waals surface area contributed by atoms with Crippen molar-refractivity contribution in [2.75, 3.05) is 13.2 Å². The fraction of sp³-hybridized carbons (Fsp3) is 0.917. The predicted octanol–water partition coefficient (Wildman–Crippen LogP) is 2.37. The maximum atomic E-state index is 5.71.